The maximum atomic E-state index is 9.45. The molecule has 0 bridgehead atoms. The minimum absolute atomic E-state index is 0.0944. The number of nitrogens with zero attached hydrogens (tertiary/aromatic N) is 2. The van der Waals surface area contributed by atoms with Gasteiger partial charge in [0.05, 0.1) is 12.1 Å². The monoisotopic (exact) mass is 251 g/mol. The van der Waals surface area contributed by atoms with Crippen molar-refractivity contribution in [3.63, 3.8) is 0 Å². The second-order valence-corrected chi connectivity index (χ2v) is 5.55. The van der Waals surface area contributed by atoms with E-state index in [0.29, 0.717) is 6.04 Å². The van der Waals surface area contributed by atoms with Gasteiger partial charge in [-0.3, -0.25) is 0 Å². The second kappa shape index (κ2) is 6.16. The summed E-state index contributed by atoms with van der Waals surface area (Å²) in [6.45, 7) is 9.13. The number of aliphatic hydroxyl groups excluding tert-OH is 1. The van der Waals surface area contributed by atoms with Crippen molar-refractivity contribution in [1.29, 1.82) is 0 Å². The molecule has 1 rings (SSSR count). The molecule has 0 spiro atoms. The van der Waals surface area contributed by atoms with Gasteiger partial charge in [0, 0.05) is 31.4 Å². The summed E-state index contributed by atoms with van der Waals surface area (Å²) in [4.78, 5) is 6.48. The van der Waals surface area contributed by atoms with Crippen molar-refractivity contribution >= 4 is 5.82 Å². The van der Waals surface area contributed by atoms with Crippen LogP contribution >= 0.6 is 0 Å². The Morgan fingerprint density at radius 3 is 2.67 bits per heavy atom. The third-order valence-corrected chi connectivity index (χ3v) is 3.18. The van der Waals surface area contributed by atoms with E-state index in [1.807, 2.05) is 31.9 Å². The smallest absolute Gasteiger partial charge is 0.133 e. The summed E-state index contributed by atoms with van der Waals surface area (Å²) in [6.07, 6.45) is 1.79. The number of anilines is 1. The lowest BCUT2D eigenvalue weighted by Gasteiger charge is -2.36. The highest BCUT2D eigenvalue weighted by molar-refractivity contribution is 5.48. The van der Waals surface area contributed by atoms with Gasteiger partial charge in [0.25, 0.3) is 0 Å². The number of rotatable bonds is 6. The molecule has 0 aromatic carbocycles. The van der Waals surface area contributed by atoms with Gasteiger partial charge in [-0.15, -0.1) is 0 Å². The normalized spacial score (nSPS) is 11.9. The van der Waals surface area contributed by atoms with Crippen molar-refractivity contribution in [3.8, 4) is 0 Å². The van der Waals surface area contributed by atoms with Crippen LogP contribution < -0.4 is 10.2 Å². The van der Waals surface area contributed by atoms with Crippen LogP contribution in [0.3, 0.4) is 0 Å². The fraction of sp³-hybridized carbons (Fsp3) is 0.643. The fourth-order valence-corrected chi connectivity index (χ4v) is 1.58. The first kappa shape index (κ1) is 14.9. The largest absolute Gasteiger partial charge is 0.394 e. The van der Waals surface area contributed by atoms with Crippen LogP contribution in [0.5, 0.6) is 0 Å². The molecule has 1 aromatic heterocycles. The van der Waals surface area contributed by atoms with Crippen LogP contribution in [-0.2, 0) is 6.54 Å². The molecule has 0 saturated heterocycles. The van der Waals surface area contributed by atoms with Gasteiger partial charge in [-0.1, -0.05) is 19.9 Å². The maximum Gasteiger partial charge on any atom is 0.133 e. The van der Waals surface area contributed by atoms with Crippen molar-refractivity contribution in [2.75, 3.05) is 18.6 Å². The average Bonchev–Trinajstić information content (AvgIpc) is 2.35. The molecule has 0 amide bonds. The summed E-state index contributed by atoms with van der Waals surface area (Å²) < 4.78 is 0. The van der Waals surface area contributed by atoms with Crippen molar-refractivity contribution < 1.29 is 5.11 Å². The molecule has 0 aliphatic carbocycles. The summed E-state index contributed by atoms with van der Waals surface area (Å²) in [7, 11) is 1.97. The van der Waals surface area contributed by atoms with Crippen LogP contribution in [0, 0.1) is 0 Å². The van der Waals surface area contributed by atoms with E-state index in [4.69, 9.17) is 0 Å². The lowest BCUT2D eigenvalue weighted by atomic mass is 10.0. The molecule has 0 saturated carbocycles. The Kier molecular flexibility index (Phi) is 5.11. The highest BCUT2D eigenvalue weighted by Gasteiger charge is 2.25. The quantitative estimate of drug-likeness (QED) is 0.809. The lowest BCUT2D eigenvalue weighted by Crippen LogP contribution is -2.45. The third-order valence-electron chi connectivity index (χ3n) is 3.18. The first-order valence-electron chi connectivity index (χ1n) is 6.40. The van der Waals surface area contributed by atoms with Gasteiger partial charge >= 0.3 is 0 Å². The zero-order valence-corrected chi connectivity index (χ0v) is 12.1. The zero-order valence-electron chi connectivity index (χ0n) is 12.1. The molecule has 0 radical (unpaired) electrons. The molecule has 1 aromatic rings. The maximum absolute atomic E-state index is 9.45. The SMILES string of the molecule is CC(C)NCc1cccnc1N(C)C(C)(C)CO. The number of hydrogen-bond donors (Lipinski definition) is 2. The molecule has 2 N–H and O–H groups in total. The van der Waals surface area contributed by atoms with Crippen LogP contribution in [0.2, 0.25) is 0 Å². The molecule has 102 valence electrons. The Bertz CT molecular complexity index is 377. The summed E-state index contributed by atoms with van der Waals surface area (Å²) in [5.41, 5.74) is 0.830. The van der Waals surface area contributed by atoms with Gasteiger partial charge in [0.1, 0.15) is 5.82 Å². The average molecular weight is 251 g/mol. The highest BCUT2D eigenvalue weighted by atomic mass is 16.3. The van der Waals surface area contributed by atoms with Crippen molar-refractivity contribution in [2.45, 2.75) is 45.8 Å². The van der Waals surface area contributed by atoms with E-state index >= 15 is 0 Å². The number of pyridine rings is 1. The van der Waals surface area contributed by atoms with Crippen LogP contribution in [0.25, 0.3) is 0 Å². The van der Waals surface area contributed by atoms with E-state index in [2.05, 4.69) is 30.2 Å². The molecule has 1 heterocycles. The molecular formula is C14H25N3O. The predicted octanol–water partition coefficient (Wildman–Crippen LogP) is 1.79. The number of hydrogen-bond acceptors (Lipinski definition) is 4. The summed E-state index contributed by atoms with van der Waals surface area (Å²) >= 11 is 0. The Balaban J connectivity index is 2.94. The molecule has 18 heavy (non-hydrogen) atoms. The number of likely N-dealkylation sites (N-methyl/N-ethyl adjacent to an activating group) is 1. The molecule has 4 nitrogen and oxygen atoms in total. The lowest BCUT2D eigenvalue weighted by molar-refractivity contribution is 0.215. The topological polar surface area (TPSA) is 48.4 Å². The van der Waals surface area contributed by atoms with Crippen LogP contribution in [0.15, 0.2) is 18.3 Å². The minimum atomic E-state index is -0.319. The van der Waals surface area contributed by atoms with Gasteiger partial charge < -0.3 is 15.3 Å². The number of nitrogens with one attached hydrogen (secondary N) is 1. The van der Waals surface area contributed by atoms with Crippen molar-refractivity contribution in [3.05, 3.63) is 23.9 Å². The Morgan fingerprint density at radius 1 is 1.44 bits per heavy atom. The van der Waals surface area contributed by atoms with Crippen molar-refractivity contribution in [2.24, 2.45) is 0 Å². The Labute approximate surface area is 110 Å². The van der Waals surface area contributed by atoms with Gasteiger partial charge in [-0.05, 0) is 19.9 Å². The van der Waals surface area contributed by atoms with E-state index in [1.54, 1.807) is 6.20 Å². The highest BCUT2D eigenvalue weighted by Crippen LogP contribution is 2.23. The van der Waals surface area contributed by atoms with E-state index in [-0.39, 0.29) is 12.1 Å². The summed E-state index contributed by atoms with van der Waals surface area (Å²) in [5, 5.41) is 12.8. The van der Waals surface area contributed by atoms with Gasteiger partial charge in [0.15, 0.2) is 0 Å². The molecule has 0 fully saturated rings. The second-order valence-electron chi connectivity index (χ2n) is 5.55. The molecule has 0 aliphatic heterocycles. The molecule has 0 aliphatic rings. The van der Waals surface area contributed by atoms with Crippen LogP contribution in [-0.4, -0.2) is 35.3 Å². The Hall–Kier alpha value is -1.13. The number of aliphatic hydroxyl groups is 1. The van der Waals surface area contributed by atoms with Gasteiger partial charge in [-0.25, -0.2) is 4.98 Å². The summed E-state index contributed by atoms with van der Waals surface area (Å²) in [6, 6.07) is 4.46. The summed E-state index contributed by atoms with van der Waals surface area (Å²) in [5.74, 6) is 0.921. The molecule has 0 unspecified atom stereocenters. The Morgan fingerprint density at radius 2 is 2.11 bits per heavy atom. The fourth-order valence-electron chi connectivity index (χ4n) is 1.58. The van der Waals surface area contributed by atoms with Crippen molar-refractivity contribution in [1.82, 2.24) is 10.3 Å². The molecular weight excluding hydrogens is 226 g/mol. The predicted molar refractivity (Wildman–Crippen MR) is 75.8 cm³/mol. The number of aromatic nitrogens is 1. The first-order chi connectivity index (χ1) is 8.38. The van der Waals surface area contributed by atoms with E-state index in [1.165, 1.54) is 0 Å². The molecule has 4 heteroatoms. The van der Waals surface area contributed by atoms with Gasteiger partial charge in [0.2, 0.25) is 0 Å². The minimum Gasteiger partial charge on any atom is -0.394 e. The van der Waals surface area contributed by atoms with Gasteiger partial charge in [-0.2, -0.15) is 0 Å². The standard InChI is InChI=1S/C14H25N3O/c1-11(2)16-9-12-7-6-8-15-13(12)17(5)14(3,4)10-18/h6-8,11,16,18H,9-10H2,1-5H3. The van der Waals surface area contributed by atoms with Crippen LogP contribution in [0.4, 0.5) is 5.82 Å². The van der Waals surface area contributed by atoms with Crippen LogP contribution in [0.1, 0.15) is 33.3 Å². The van der Waals surface area contributed by atoms with E-state index in [9.17, 15) is 5.11 Å². The third kappa shape index (κ3) is 3.68. The first-order valence-corrected chi connectivity index (χ1v) is 6.40. The van der Waals surface area contributed by atoms with E-state index < -0.39 is 0 Å². The van der Waals surface area contributed by atoms with E-state index in [0.717, 1.165) is 17.9 Å². The molecule has 0 atom stereocenters. The zero-order chi connectivity index (χ0) is 13.8.